The Bertz CT molecular complexity index is 9.61. The SMILES string of the molecule is OCCO.[AsH3]. The van der Waals surface area contributed by atoms with Crippen molar-refractivity contribution in [3.05, 3.63) is 0 Å². The van der Waals surface area contributed by atoms with Crippen LogP contribution in [0.3, 0.4) is 0 Å². The molecule has 0 fully saturated rings. The zero-order chi connectivity index (χ0) is 3.41. The van der Waals surface area contributed by atoms with Crippen LogP contribution in [0.5, 0.6) is 0 Å². The van der Waals surface area contributed by atoms with E-state index in [2.05, 4.69) is 0 Å². The summed E-state index contributed by atoms with van der Waals surface area (Å²) in [6.45, 7) is -0.250. The molecule has 0 saturated carbocycles. The molecule has 5 heavy (non-hydrogen) atoms. The van der Waals surface area contributed by atoms with Gasteiger partial charge in [-0.2, -0.15) is 0 Å². The Morgan fingerprint density at radius 3 is 1.20 bits per heavy atom. The van der Waals surface area contributed by atoms with Crippen LogP contribution in [0.15, 0.2) is 0 Å². The predicted molar refractivity (Wildman–Crippen MR) is 24.1 cm³/mol. The van der Waals surface area contributed by atoms with E-state index >= 15 is 0 Å². The van der Waals surface area contributed by atoms with Crippen LogP contribution in [0, 0.1) is 0 Å². The molecule has 1 unspecified atom stereocenters. The van der Waals surface area contributed by atoms with E-state index in [4.69, 9.17) is 10.2 Å². The molecule has 0 aromatic rings. The number of aliphatic hydroxyl groups excluding tert-OH is 2. The molecule has 0 aromatic carbocycles. The summed E-state index contributed by atoms with van der Waals surface area (Å²) in [6.07, 6.45) is 0. The summed E-state index contributed by atoms with van der Waals surface area (Å²) in [7, 11) is 0. The zero-order valence-corrected chi connectivity index (χ0v) is 5.98. The Balaban J connectivity index is 0. The van der Waals surface area contributed by atoms with E-state index in [0.29, 0.717) is 0 Å². The van der Waals surface area contributed by atoms with Crippen LogP contribution >= 0.6 is 0 Å². The third-order valence-corrected chi connectivity index (χ3v) is 0.1000. The van der Waals surface area contributed by atoms with Gasteiger partial charge in [0.1, 0.15) is 0 Å². The second kappa shape index (κ2) is 8.82. The summed E-state index contributed by atoms with van der Waals surface area (Å²) in [6, 6.07) is 0. The maximum atomic E-state index is 7.62. The Morgan fingerprint density at radius 2 is 1.20 bits per heavy atom. The molecular formula is C2H9AsO2. The van der Waals surface area contributed by atoms with Crippen LogP contribution in [-0.4, -0.2) is 41.4 Å². The number of hydrogen-bond acceptors (Lipinski definition) is 2. The molecular weight excluding hydrogens is 131 g/mol. The minimum absolute atomic E-state index is 0. The molecule has 0 bridgehead atoms. The Morgan fingerprint density at radius 1 is 1.00 bits per heavy atom. The molecule has 1 atom stereocenters. The molecule has 0 rings (SSSR count). The van der Waals surface area contributed by atoms with E-state index in [9.17, 15) is 0 Å². The summed E-state index contributed by atoms with van der Waals surface area (Å²) in [5.74, 6) is 0. The van der Waals surface area contributed by atoms with E-state index < -0.39 is 0 Å². The summed E-state index contributed by atoms with van der Waals surface area (Å²) in [4.78, 5) is 0. The van der Waals surface area contributed by atoms with Gasteiger partial charge >= 0.3 is 18.0 Å². The van der Waals surface area contributed by atoms with Crippen molar-refractivity contribution in [3.8, 4) is 0 Å². The van der Waals surface area contributed by atoms with Crippen molar-refractivity contribution in [2.75, 3.05) is 13.2 Å². The van der Waals surface area contributed by atoms with E-state index in [-0.39, 0.29) is 31.2 Å². The van der Waals surface area contributed by atoms with Gasteiger partial charge in [-0.05, 0) is 0 Å². The molecule has 0 aromatic heterocycles. The van der Waals surface area contributed by atoms with E-state index in [1.54, 1.807) is 0 Å². The summed E-state index contributed by atoms with van der Waals surface area (Å²) >= 11 is 0. The molecule has 0 heterocycles. The number of hydrogen-bond donors (Lipinski definition) is 2. The third kappa shape index (κ3) is 12.6. The van der Waals surface area contributed by atoms with Gasteiger partial charge in [0.25, 0.3) is 0 Å². The van der Waals surface area contributed by atoms with Crippen molar-refractivity contribution in [2.24, 2.45) is 0 Å². The van der Waals surface area contributed by atoms with Crippen LogP contribution in [0.4, 0.5) is 0 Å². The summed E-state index contributed by atoms with van der Waals surface area (Å²) in [5, 5.41) is 15.2. The minimum atomic E-state index is -0.125. The topological polar surface area (TPSA) is 40.5 Å². The van der Waals surface area contributed by atoms with Gasteiger partial charge in [-0.25, -0.2) is 0 Å². The van der Waals surface area contributed by atoms with Gasteiger partial charge in [0.05, 0.1) is 13.2 Å². The molecule has 3 heteroatoms. The first-order valence-electron chi connectivity index (χ1n) is 1.13. The molecule has 0 amide bonds. The van der Waals surface area contributed by atoms with Gasteiger partial charge < -0.3 is 10.2 Å². The van der Waals surface area contributed by atoms with Crippen LogP contribution in [0.25, 0.3) is 0 Å². The van der Waals surface area contributed by atoms with Crippen LogP contribution in [-0.2, 0) is 0 Å². The molecule has 0 aliphatic rings. The molecule has 2 N–H and O–H groups in total. The molecule has 0 radical (unpaired) electrons. The van der Waals surface area contributed by atoms with E-state index in [0.717, 1.165) is 0 Å². The first-order chi connectivity index (χ1) is 1.91. The molecule has 0 saturated heterocycles. The quantitative estimate of drug-likeness (QED) is 0.405. The maximum absolute atomic E-state index is 7.62. The van der Waals surface area contributed by atoms with Gasteiger partial charge in [-0.3, -0.25) is 0 Å². The third-order valence-electron chi connectivity index (χ3n) is 0.1000. The van der Waals surface area contributed by atoms with Gasteiger partial charge in [0.2, 0.25) is 0 Å². The zero-order valence-electron chi connectivity index (χ0n) is 3.02. The van der Waals surface area contributed by atoms with Crippen molar-refractivity contribution in [2.45, 2.75) is 0 Å². The fourth-order valence-electron chi connectivity index (χ4n) is 0. The normalized spacial score (nSPS) is 6.00. The van der Waals surface area contributed by atoms with Crippen LogP contribution < -0.4 is 0 Å². The molecule has 34 valence electrons. The Kier molecular flexibility index (Phi) is 16.0. The van der Waals surface area contributed by atoms with Gasteiger partial charge in [0, 0.05) is 0 Å². The number of aliphatic hydroxyl groups is 2. The van der Waals surface area contributed by atoms with Crippen molar-refractivity contribution >= 4 is 18.0 Å². The van der Waals surface area contributed by atoms with Crippen molar-refractivity contribution in [1.29, 1.82) is 0 Å². The van der Waals surface area contributed by atoms with Gasteiger partial charge in [-0.1, -0.05) is 0 Å². The second-order valence-electron chi connectivity index (χ2n) is 0.447. The van der Waals surface area contributed by atoms with Gasteiger partial charge in [0.15, 0.2) is 0 Å². The Labute approximate surface area is 42.1 Å². The predicted octanol–water partition coefficient (Wildman–Crippen LogP) is -2.21. The van der Waals surface area contributed by atoms with E-state index in [1.807, 2.05) is 0 Å². The molecule has 2 nitrogen and oxygen atoms in total. The number of rotatable bonds is 1. The monoisotopic (exact) mass is 140 g/mol. The summed E-state index contributed by atoms with van der Waals surface area (Å²) < 4.78 is 0. The van der Waals surface area contributed by atoms with Crippen molar-refractivity contribution in [1.82, 2.24) is 0 Å². The Hall–Kier alpha value is 0.478. The molecule has 0 aliphatic carbocycles. The van der Waals surface area contributed by atoms with Crippen molar-refractivity contribution in [3.63, 3.8) is 0 Å². The average Bonchev–Trinajstić information content (AvgIpc) is 1.37. The molecule has 0 spiro atoms. The fourth-order valence-corrected chi connectivity index (χ4v) is 0. The summed E-state index contributed by atoms with van der Waals surface area (Å²) in [5.41, 5.74) is 0. The average molecular weight is 140 g/mol. The fraction of sp³-hybridized carbons (Fsp3) is 1.00. The van der Waals surface area contributed by atoms with Gasteiger partial charge in [-0.15, -0.1) is 0 Å². The van der Waals surface area contributed by atoms with Crippen LogP contribution in [0.2, 0.25) is 0 Å². The van der Waals surface area contributed by atoms with Crippen molar-refractivity contribution < 1.29 is 10.2 Å². The standard InChI is InChI=1S/C2H6O2.AsH3/c3-1-2-4;/h3-4H,1-2H2;1H3. The van der Waals surface area contributed by atoms with Crippen LogP contribution in [0.1, 0.15) is 0 Å². The van der Waals surface area contributed by atoms with E-state index in [1.165, 1.54) is 0 Å². The first kappa shape index (κ1) is 9.08. The molecule has 0 aliphatic heterocycles. The second-order valence-corrected chi connectivity index (χ2v) is 0.447. The first-order valence-corrected chi connectivity index (χ1v) is 1.13.